The van der Waals surface area contributed by atoms with Gasteiger partial charge in [-0.05, 0) is 30.7 Å². The van der Waals surface area contributed by atoms with Gasteiger partial charge in [-0.3, -0.25) is 4.79 Å². The molecule has 1 aromatic rings. The molecule has 0 bridgehead atoms. The smallest absolute Gasteiger partial charge is 0.238 e. The lowest BCUT2D eigenvalue weighted by molar-refractivity contribution is -0.115. The first kappa shape index (κ1) is 13.5. The molecule has 0 radical (unpaired) electrons. The molecule has 2 N–H and O–H groups in total. The van der Waals surface area contributed by atoms with E-state index in [-0.39, 0.29) is 12.5 Å². The molecule has 0 saturated heterocycles. The minimum atomic E-state index is -0.0771. The standard InChI is InChI=1S/C13H20N2O2/c1-9(2)10-5-6-12(17-4)11(7-10)15-13(16)8-14-3/h5-7,9,14H,8H2,1-4H3,(H,15,16). The summed E-state index contributed by atoms with van der Waals surface area (Å²) in [6.45, 7) is 4.51. The van der Waals surface area contributed by atoms with Crippen LogP contribution in [0.25, 0.3) is 0 Å². The summed E-state index contributed by atoms with van der Waals surface area (Å²) < 4.78 is 5.22. The number of likely N-dealkylation sites (N-methyl/N-ethyl adjacent to an activating group) is 1. The average Bonchev–Trinajstić information content (AvgIpc) is 2.29. The summed E-state index contributed by atoms with van der Waals surface area (Å²) in [6, 6.07) is 5.85. The van der Waals surface area contributed by atoms with Crippen molar-refractivity contribution in [3.8, 4) is 5.75 Å². The van der Waals surface area contributed by atoms with Crippen LogP contribution in [0.1, 0.15) is 25.3 Å². The lowest BCUT2D eigenvalue weighted by atomic mass is 10.0. The van der Waals surface area contributed by atoms with Crippen LogP contribution in [-0.2, 0) is 4.79 Å². The van der Waals surface area contributed by atoms with Crippen molar-refractivity contribution in [3.05, 3.63) is 23.8 Å². The van der Waals surface area contributed by atoms with Crippen molar-refractivity contribution in [2.24, 2.45) is 0 Å². The molecular formula is C13H20N2O2. The second-order valence-electron chi connectivity index (χ2n) is 4.19. The first-order valence-corrected chi connectivity index (χ1v) is 5.71. The molecule has 0 fully saturated rings. The zero-order chi connectivity index (χ0) is 12.8. The monoisotopic (exact) mass is 236 g/mol. The van der Waals surface area contributed by atoms with Crippen molar-refractivity contribution in [2.45, 2.75) is 19.8 Å². The summed E-state index contributed by atoms with van der Waals surface area (Å²) in [6.07, 6.45) is 0. The molecular weight excluding hydrogens is 216 g/mol. The van der Waals surface area contributed by atoms with Crippen LogP contribution >= 0.6 is 0 Å². The summed E-state index contributed by atoms with van der Waals surface area (Å²) in [7, 11) is 3.33. The van der Waals surface area contributed by atoms with E-state index in [2.05, 4.69) is 24.5 Å². The van der Waals surface area contributed by atoms with Crippen LogP contribution in [0.15, 0.2) is 18.2 Å². The number of ether oxygens (including phenoxy) is 1. The molecule has 4 nitrogen and oxygen atoms in total. The molecule has 1 amide bonds. The molecule has 0 atom stereocenters. The Hall–Kier alpha value is -1.55. The van der Waals surface area contributed by atoms with Crippen molar-refractivity contribution in [3.63, 3.8) is 0 Å². The fraction of sp³-hybridized carbons (Fsp3) is 0.462. The third-order valence-electron chi connectivity index (χ3n) is 2.50. The van der Waals surface area contributed by atoms with Gasteiger partial charge in [0.25, 0.3) is 0 Å². The summed E-state index contributed by atoms with van der Waals surface area (Å²) in [5, 5.41) is 5.64. The molecule has 1 aromatic carbocycles. The maximum absolute atomic E-state index is 11.5. The Morgan fingerprint density at radius 2 is 2.12 bits per heavy atom. The number of rotatable bonds is 5. The van der Waals surface area contributed by atoms with E-state index >= 15 is 0 Å². The van der Waals surface area contributed by atoms with Crippen LogP contribution in [0.3, 0.4) is 0 Å². The molecule has 17 heavy (non-hydrogen) atoms. The second-order valence-corrected chi connectivity index (χ2v) is 4.19. The lowest BCUT2D eigenvalue weighted by Crippen LogP contribution is -2.25. The number of benzene rings is 1. The minimum absolute atomic E-state index is 0.0771. The molecule has 1 rings (SSSR count). The van der Waals surface area contributed by atoms with Gasteiger partial charge in [0.05, 0.1) is 19.3 Å². The summed E-state index contributed by atoms with van der Waals surface area (Å²) in [5.41, 5.74) is 1.89. The number of hydrogen-bond donors (Lipinski definition) is 2. The predicted octanol–water partition coefficient (Wildman–Crippen LogP) is 1.98. The molecule has 0 aromatic heterocycles. The molecule has 0 aliphatic heterocycles. The SMILES string of the molecule is CNCC(=O)Nc1cc(C(C)C)ccc1OC. The van der Waals surface area contributed by atoms with Gasteiger partial charge in [-0.2, -0.15) is 0 Å². The van der Waals surface area contributed by atoms with Crippen molar-refractivity contribution in [2.75, 3.05) is 26.0 Å². The predicted molar refractivity (Wildman–Crippen MR) is 69.6 cm³/mol. The highest BCUT2D eigenvalue weighted by Crippen LogP contribution is 2.28. The second kappa shape index (κ2) is 6.25. The van der Waals surface area contributed by atoms with Gasteiger partial charge in [0.2, 0.25) is 5.91 Å². The third-order valence-corrected chi connectivity index (χ3v) is 2.50. The van der Waals surface area contributed by atoms with E-state index in [0.29, 0.717) is 11.7 Å². The normalized spacial score (nSPS) is 10.4. The highest BCUT2D eigenvalue weighted by Gasteiger charge is 2.09. The topological polar surface area (TPSA) is 50.4 Å². The van der Waals surface area contributed by atoms with Gasteiger partial charge in [-0.15, -0.1) is 0 Å². The Morgan fingerprint density at radius 1 is 1.41 bits per heavy atom. The first-order valence-electron chi connectivity index (χ1n) is 5.71. The molecule has 0 aliphatic carbocycles. The van der Waals surface area contributed by atoms with Crippen LogP contribution < -0.4 is 15.4 Å². The van der Waals surface area contributed by atoms with E-state index in [1.807, 2.05) is 18.2 Å². The minimum Gasteiger partial charge on any atom is -0.495 e. The van der Waals surface area contributed by atoms with E-state index in [4.69, 9.17) is 4.74 Å². The molecule has 4 heteroatoms. The van der Waals surface area contributed by atoms with Gasteiger partial charge in [-0.25, -0.2) is 0 Å². The molecule has 94 valence electrons. The highest BCUT2D eigenvalue weighted by atomic mass is 16.5. The highest BCUT2D eigenvalue weighted by molar-refractivity contribution is 5.93. The first-order chi connectivity index (χ1) is 8.08. The Labute approximate surface area is 102 Å². The quantitative estimate of drug-likeness (QED) is 0.822. The van der Waals surface area contributed by atoms with Crippen LogP contribution in [0.2, 0.25) is 0 Å². The summed E-state index contributed by atoms with van der Waals surface area (Å²) in [4.78, 5) is 11.5. The number of carbonyl (C=O) groups excluding carboxylic acids is 1. The Kier molecular flexibility index (Phi) is 4.97. The van der Waals surface area contributed by atoms with E-state index in [1.165, 1.54) is 5.56 Å². The van der Waals surface area contributed by atoms with Crippen LogP contribution in [0, 0.1) is 0 Å². The van der Waals surface area contributed by atoms with Crippen molar-refractivity contribution >= 4 is 11.6 Å². The van der Waals surface area contributed by atoms with Gasteiger partial charge in [0.1, 0.15) is 5.75 Å². The van der Waals surface area contributed by atoms with Crippen molar-refractivity contribution < 1.29 is 9.53 Å². The van der Waals surface area contributed by atoms with Crippen LogP contribution in [-0.4, -0.2) is 26.6 Å². The Balaban J connectivity index is 2.93. The number of hydrogen-bond acceptors (Lipinski definition) is 3. The summed E-state index contributed by atoms with van der Waals surface area (Å²) >= 11 is 0. The average molecular weight is 236 g/mol. The van der Waals surface area contributed by atoms with Crippen LogP contribution in [0.4, 0.5) is 5.69 Å². The van der Waals surface area contributed by atoms with Gasteiger partial charge in [0, 0.05) is 0 Å². The zero-order valence-corrected chi connectivity index (χ0v) is 10.8. The Bertz CT molecular complexity index is 389. The molecule has 0 unspecified atom stereocenters. The van der Waals surface area contributed by atoms with Crippen LogP contribution in [0.5, 0.6) is 5.75 Å². The number of methoxy groups -OCH3 is 1. The largest absolute Gasteiger partial charge is 0.495 e. The van der Waals surface area contributed by atoms with Gasteiger partial charge >= 0.3 is 0 Å². The van der Waals surface area contributed by atoms with E-state index in [1.54, 1.807) is 14.2 Å². The Morgan fingerprint density at radius 3 is 2.65 bits per heavy atom. The van der Waals surface area contributed by atoms with E-state index in [9.17, 15) is 4.79 Å². The maximum Gasteiger partial charge on any atom is 0.238 e. The molecule has 0 heterocycles. The van der Waals surface area contributed by atoms with Gasteiger partial charge < -0.3 is 15.4 Å². The number of carbonyl (C=O) groups is 1. The van der Waals surface area contributed by atoms with E-state index < -0.39 is 0 Å². The van der Waals surface area contributed by atoms with E-state index in [0.717, 1.165) is 5.69 Å². The van der Waals surface area contributed by atoms with Gasteiger partial charge in [-0.1, -0.05) is 19.9 Å². The zero-order valence-electron chi connectivity index (χ0n) is 10.8. The van der Waals surface area contributed by atoms with Crippen molar-refractivity contribution in [1.29, 1.82) is 0 Å². The number of nitrogens with one attached hydrogen (secondary N) is 2. The number of anilines is 1. The van der Waals surface area contributed by atoms with Crippen molar-refractivity contribution in [1.82, 2.24) is 5.32 Å². The molecule has 0 aliphatic rings. The van der Waals surface area contributed by atoms with Gasteiger partial charge in [0.15, 0.2) is 0 Å². The summed E-state index contributed by atoms with van der Waals surface area (Å²) in [5.74, 6) is 1.02. The maximum atomic E-state index is 11.5. The lowest BCUT2D eigenvalue weighted by Gasteiger charge is -2.13. The number of amides is 1. The molecule has 0 spiro atoms. The third kappa shape index (κ3) is 3.75. The fourth-order valence-corrected chi connectivity index (χ4v) is 1.54. The molecule has 0 saturated carbocycles. The fourth-order valence-electron chi connectivity index (χ4n) is 1.54.